The third-order valence-corrected chi connectivity index (χ3v) is 0.608. The van der Waals surface area contributed by atoms with Crippen molar-refractivity contribution < 1.29 is 4.52 Å². The van der Waals surface area contributed by atoms with Crippen LogP contribution in [0.4, 0.5) is 0 Å². The maximum Gasteiger partial charge on any atom is 0.170 e. The summed E-state index contributed by atoms with van der Waals surface area (Å²) in [5.74, 6) is 0.611. The Hall–Kier alpha value is -0.900. The lowest BCUT2D eigenvalue weighted by Crippen LogP contribution is -1.92. The van der Waals surface area contributed by atoms with E-state index in [1.54, 1.807) is 0 Å². The highest BCUT2D eigenvalue weighted by Gasteiger charge is 1.88. The maximum atomic E-state index is 5.12. The Labute approximate surface area is 40.3 Å². The van der Waals surface area contributed by atoms with Crippen LogP contribution in [0.2, 0.25) is 0 Å². The summed E-state index contributed by atoms with van der Waals surface area (Å²) in [6.45, 7) is 0.368. The molecular formula is C3H5N3O. The van der Waals surface area contributed by atoms with E-state index in [4.69, 9.17) is 5.73 Å². The maximum absolute atomic E-state index is 5.12. The Morgan fingerprint density at radius 2 is 2.71 bits per heavy atom. The lowest BCUT2D eigenvalue weighted by Gasteiger charge is -1.75. The summed E-state index contributed by atoms with van der Waals surface area (Å²) in [7, 11) is 0. The number of hydrogen-bond donors (Lipinski definition) is 1. The van der Waals surface area contributed by atoms with Gasteiger partial charge in [-0.2, -0.15) is 0 Å². The van der Waals surface area contributed by atoms with Crippen molar-refractivity contribution in [3.63, 3.8) is 0 Å². The summed E-state index contributed by atoms with van der Waals surface area (Å²) in [6, 6.07) is 0. The molecule has 7 heavy (non-hydrogen) atoms. The van der Waals surface area contributed by atoms with Gasteiger partial charge in [0.2, 0.25) is 0 Å². The molecule has 1 rings (SSSR count). The Bertz CT molecular complexity index is 125. The zero-order chi connectivity index (χ0) is 5.11. The van der Waals surface area contributed by atoms with E-state index in [1.807, 2.05) is 0 Å². The average Bonchev–Trinajstić information content (AvgIpc) is 2.14. The molecule has 4 nitrogen and oxygen atoms in total. The highest BCUT2D eigenvalue weighted by Crippen LogP contribution is 1.87. The molecule has 0 radical (unpaired) electrons. The molecule has 0 amide bonds. The zero-order valence-electron chi connectivity index (χ0n) is 3.66. The van der Waals surface area contributed by atoms with Crippen molar-refractivity contribution in [3.8, 4) is 0 Å². The van der Waals surface area contributed by atoms with Gasteiger partial charge in [0.15, 0.2) is 5.76 Å². The predicted molar refractivity (Wildman–Crippen MR) is 22.2 cm³/mol. The fraction of sp³-hybridized carbons (Fsp3) is 0.333. The van der Waals surface area contributed by atoms with Gasteiger partial charge in [-0.3, -0.25) is 0 Å². The van der Waals surface area contributed by atoms with Crippen LogP contribution in [-0.2, 0) is 6.54 Å². The molecule has 2 N–H and O–H groups in total. The van der Waals surface area contributed by atoms with Gasteiger partial charge in [-0.15, -0.1) is 5.10 Å². The Kier molecular flexibility index (Phi) is 1.04. The molecule has 0 fully saturated rings. The van der Waals surface area contributed by atoms with Crippen molar-refractivity contribution in [2.75, 3.05) is 0 Å². The van der Waals surface area contributed by atoms with Crippen LogP contribution >= 0.6 is 0 Å². The van der Waals surface area contributed by atoms with Crippen molar-refractivity contribution in [3.05, 3.63) is 12.0 Å². The molecule has 0 aromatic carbocycles. The van der Waals surface area contributed by atoms with Crippen molar-refractivity contribution in [1.82, 2.24) is 10.4 Å². The fourth-order valence-electron chi connectivity index (χ4n) is 0.278. The van der Waals surface area contributed by atoms with Crippen molar-refractivity contribution in [1.29, 1.82) is 0 Å². The lowest BCUT2D eigenvalue weighted by molar-refractivity contribution is 0.363. The molecule has 0 spiro atoms. The minimum Gasteiger partial charge on any atom is -0.341 e. The SMILES string of the molecule is NCc1cnno1. The van der Waals surface area contributed by atoms with Crippen LogP contribution in [0.3, 0.4) is 0 Å². The fourth-order valence-corrected chi connectivity index (χ4v) is 0.278. The van der Waals surface area contributed by atoms with Gasteiger partial charge in [-0.1, -0.05) is 0 Å². The third-order valence-electron chi connectivity index (χ3n) is 0.608. The summed E-state index contributed by atoms with van der Waals surface area (Å²) in [6.07, 6.45) is 1.49. The van der Waals surface area contributed by atoms with Crippen LogP contribution in [0.15, 0.2) is 10.7 Å². The summed E-state index contributed by atoms with van der Waals surface area (Å²) in [4.78, 5) is 0. The number of aromatic nitrogens is 2. The average molecular weight is 99.1 g/mol. The topological polar surface area (TPSA) is 64.9 Å². The summed E-state index contributed by atoms with van der Waals surface area (Å²) < 4.78 is 4.50. The quantitative estimate of drug-likeness (QED) is 0.516. The predicted octanol–water partition coefficient (Wildman–Crippen LogP) is -0.472. The van der Waals surface area contributed by atoms with Crippen LogP contribution in [0, 0.1) is 0 Å². The molecule has 0 bridgehead atoms. The van der Waals surface area contributed by atoms with Crippen molar-refractivity contribution in [2.45, 2.75) is 6.54 Å². The first-order valence-corrected chi connectivity index (χ1v) is 1.90. The Morgan fingerprint density at radius 1 is 1.86 bits per heavy atom. The largest absolute Gasteiger partial charge is 0.341 e. The summed E-state index contributed by atoms with van der Waals surface area (Å²) >= 11 is 0. The van der Waals surface area contributed by atoms with Gasteiger partial charge in [-0.05, 0) is 0 Å². The van der Waals surface area contributed by atoms with E-state index < -0.39 is 0 Å². The first-order chi connectivity index (χ1) is 3.43. The van der Waals surface area contributed by atoms with Crippen molar-refractivity contribution >= 4 is 0 Å². The Morgan fingerprint density at radius 3 is 3.00 bits per heavy atom. The Balaban J connectivity index is 2.76. The van der Waals surface area contributed by atoms with E-state index in [0.29, 0.717) is 12.3 Å². The molecule has 38 valence electrons. The molecule has 0 saturated carbocycles. The third kappa shape index (κ3) is 0.747. The van der Waals surface area contributed by atoms with E-state index in [0.717, 1.165) is 0 Å². The molecule has 1 aromatic heterocycles. The standard InChI is InChI=1S/C3H5N3O/c4-1-3-2-5-6-7-3/h2H,1,4H2. The molecular weight excluding hydrogens is 94.1 g/mol. The second-order valence-corrected chi connectivity index (χ2v) is 1.09. The van der Waals surface area contributed by atoms with Gasteiger partial charge in [0, 0.05) is 5.27 Å². The molecule has 0 unspecified atom stereocenters. The molecule has 0 atom stereocenters. The summed E-state index contributed by atoms with van der Waals surface area (Å²) in [5, 5.41) is 6.58. The lowest BCUT2D eigenvalue weighted by atomic mass is 10.5. The number of nitrogens with zero attached hydrogens (tertiary/aromatic N) is 2. The molecule has 1 aromatic rings. The molecule has 0 aliphatic carbocycles. The van der Waals surface area contributed by atoms with Gasteiger partial charge in [0.25, 0.3) is 0 Å². The highest BCUT2D eigenvalue weighted by molar-refractivity contribution is 4.82. The molecule has 1 heterocycles. The van der Waals surface area contributed by atoms with E-state index in [2.05, 4.69) is 14.9 Å². The van der Waals surface area contributed by atoms with Crippen LogP contribution < -0.4 is 5.73 Å². The van der Waals surface area contributed by atoms with Gasteiger partial charge >= 0.3 is 0 Å². The normalized spacial score (nSPS) is 9.29. The number of nitrogens with two attached hydrogens (primary N) is 1. The smallest absolute Gasteiger partial charge is 0.170 e. The van der Waals surface area contributed by atoms with E-state index in [1.165, 1.54) is 6.20 Å². The van der Waals surface area contributed by atoms with Crippen LogP contribution in [-0.4, -0.2) is 10.4 Å². The van der Waals surface area contributed by atoms with E-state index in [9.17, 15) is 0 Å². The van der Waals surface area contributed by atoms with Crippen LogP contribution in [0.5, 0.6) is 0 Å². The molecule has 4 heteroatoms. The molecule has 0 aliphatic heterocycles. The second-order valence-electron chi connectivity index (χ2n) is 1.09. The van der Waals surface area contributed by atoms with Gasteiger partial charge in [0.1, 0.15) is 0 Å². The van der Waals surface area contributed by atoms with Gasteiger partial charge in [-0.25, -0.2) is 0 Å². The minimum atomic E-state index is 0.368. The molecule has 0 saturated heterocycles. The van der Waals surface area contributed by atoms with Gasteiger partial charge < -0.3 is 10.3 Å². The second kappa shape index (κ2) is 1.70. The first-order valence-electron chi connectivity index (χ1n) is 1.90. The van der Waals surface area contributed by atoms with E-state index in [-0.39, 0.29) is 0 Å². The minimum absolute atomic E-state index is 0.368. The van der Waals surface area contributed by atoms with Crippen LogP contribution in [0.25, 0.3) is 0 Å². The first kappa shape index (κ1) is 4.26. The van der Waals surface area contributed by atoms with E-state index >= 15 is 0 Å². The number of hydrogen-bond acceptors (Lipinski definition) is 4. The highest BCUT2D eigenvalue weighted by atomic mass is 16.5. The molecule has 0 aliphatic rings. The van der Waals surface area contributed by atoms with Crippen LogP contribution in [0.1, 0.15) is 5.76 Å². The summed E-state index contributed by atoms with van der Waals surface area (Å²) in [5.41, 5.74) is 5.12. The monoisotopic (exact) mass is 99.0 g/mol. The van der Waals surface area contributed by atoms with Gasteiger partial charge in [0.05, 0.1) is 12.7 Å². The van der Waals surface area contributed by atoms with Crippen molar-refractivity contribution in [2.24, 2.45) is 5.73 Å². The number of rotatable bonds is 1. The zero-order valence-corrected chi connectivity index (χ0v) is 3.66.